The lowest BCUT2D eigenvalue weighted by Crippen LogP contribution is -2.31. The Morgan fingerprint density at radius 1 is 0.762 bits per heavy atom. The van der Waals surface area contributed by atoms with Crippen LogP contribution in [0.4, 0.5) is 11.4 Å². The molecule has 0 unspecified atom stereocenters. The molecular formula is C31H27Cl2N5O4. The molecule has 9 nitrogen and oxygen atoms in total. The fourth-order valence-electron chi connectivity index (χ4n) is 4.05. The second-order valence-corrected chi connectivity index (χ2v) is 9.97. The monoisotopic (exact) mass is 603 g/mol. The van der Waals surface area contributed by atoms with E-state index in [4.69, 9.17) is 28.9 Å². The lowest BCUT2D eigenvalue weighted by atomic mass is 10.1. The first-order valence-corrected chi connectivity index (χ1v) is 13.6. The van der Waals surface area contributed by atoms with Crippen LogP contribution in [-0.4, -0.2) is 34.9 Å². The highest BCUT2D eigenvalue weighted by atomic mass is 35.5. The predicted molar refractivity (Wildman–Crippen MR) is 165 cm³/mol. The molecule has 0 aliphatic rings. The van der Waals surface area contributed by atoms with Crippen LogP contribution in [0.5, 0.6) is 0 Å². The molecule has 0 aliphatic carbocycles. The number of guanidine groups is 1. The third-order valence-electron chi connectivity index (χ3n) is 6.14. The number of nitrogens with zero attached hydrogens (tertiary/aromatic N) is 1. The third kappa shape index (κ3) is 8.09. The number of para-hydroxylation sites is 1. The number of hydrogen-bond acceptors (Lipinski definition) is 4. The Bertz CT molecular complexity index is 1590. The summed E-state index contributed by atoms with van der Waals surface area (Å²) < 4.78 is 0. The molecule has 4 aromatic carbocycles. The van der Waals surface area contributed by atoms with Crippen molar-refractivity contribution in [2.75, 3.05) is 10.6 Å². The smallest absolute Gasteiger partial charge is 0.328 e. The maximum atomic E-state index is 12.8. The lowest BCUT2D eigenvalue weighted by molar-refractivity contribution is -0.138. The summed E-state index contributed by atoms with van der Waals surface area (Å²) in [5.74, 6) is -2.14. The number of carboxylic acids is 1. The highest BCUT2D eigenvalue weighted by molar-refractivity contribution is 6.40. The number of nitrogens with one attached hydrogen (secondary N) is 3. The Kier molecular flexibility index (Phi) is 10.1. The minimum absolute atomic E-state index is 0.0293. The van der Waals surface area contributed by atoms with Gasteiger partial charge in [0.15, 0.2) is 12.0 Å². The van der Waals surface area contributed by atoms with Gasteiger partial charge in [0, 0.05) is 18.7 Å². The van der Waals surface area contributed by atoms with Gasteiger partial charge in [0.2, 0.25) is 0 Å². The van der Waals surface area contributed by atoms with Crippen molar-refractivity contribution < 1.29 is 19.5 Å². The summed E-state index contributed by atoms with van der Waals surface area (Å²) in [6, 6.07) is 26.4. The highest BCUT2D eigenvalue weighted by Crippen LogP contribution is 2.25. The molecule has 4 rings (SSSR count). The number of nitrogens with two attached hydrogens (primary N) is 1. The van der Waals surface area contributed by atoms with Crippen LogP contribution in [0, 0.1) is 0 Å². The number of halogens is 2. The molecule has 42 heavy (non-hydrogen) atoms. The molecule has 2 amide bonds. The van der Waals surface area contributed by atoms with Crippen LogP contribution in [0.2, 0.25) is 10.0 Å². The second kappa shape index (κ2) is 14.2. The van der Waals surface area contributed by atoms with E-state index < -0.39 is 17.9 Å². The summed E-state index contributed by atoms with van der Waals surface area (Å²) in [5.41, 5.74) is 8.99. The number of amides is 2. The molecular weight excluding hydrogens is 577 g/mol. The molecule has 6 N–H and O–H groups in total. The first-order chi connectivity index (χ1) is 20.2. The van der Waals surface area contributed by atoms with Crippen LogP contribution in [-0.2, 0) is 17.8 Å². The summed E-state index contributed by atoms with van der Waals surface area (Å²) >= 11 is 12.2. The molecule has 0 bridgehead atoms. The van der Waals surface area contributed by atoms with E-state index in [0.29, 0.717) is 29.0 Å². The zero-order chi connectivity index (χ0) is 30.1. The first-order valence-electron chi connectivity index (χ1n) is 12.8. The van der Waals surface area contributed by atoms with Crippen molar-refractivity contribution >= 4 is 58.3 Å². The standard InChI is InChI=1S/C31H27Cl2N5O4/c32-23-10-6-11-24(33)27(23)29(40)36-21-15-13-19(14-16-21)17-26(30(41)42)38-31(34)37-25-12-5-4-9-22(25)28(39)35-18-20-7-2-1-3-8-20/h1-16,26H,17-18H2,(H,35,39)(H,36,40)(H,41,42)(H3,34,37,38)/t26-/m0/s1. The second-order valence-electron chi connectivity index (χ2n) is 9.16. The van der Waals surface area contributed by atoms with Crippen molar-refractivity contribution in [3.05, 3.63) is 129 Å². The molecule has 1 atom stereocenters. The summed E-state index contributed by atoms with van der Waals surface area (Å²) in [6.07, 6.45) is 0.0293. The topological polar surface area (TPSA) is 146 Å². The summed E-state index contributed by atoms with van der Waals surface area (Å²) in [7, 11) is 0. The van der Waals surface area contributed by atoms with Crippen LogP contribution in [0.15, 0.2) is 102 Å². The van der Waals surface area contributed by atoms with Crippen LogP contribution in [0.3, 0.4) is 0 Å². The van der Waals surface area contributed by atoms with Gasteiger partial charge in [-0.25, -0.2) is 9.79 Å². The number of aliphatic carboxylic acids is 1. The molecule has 0 saturated carbocycles. The zero-order valence-electron chi connectivity index (χ0n) is 22.2. The minimum Gasteiger partial charge on any atom is -0.480 e. The zero-order valence-corrected chi connectivity index (χ0v) is 23.7. The Labute approximate surface area is 252 Å². The number of hydrogen-bond donors (Lipinski definition) is 5. The quantitative estimate of drug-likeness (QED) is 0.118. The largest absolute Gasteiger partial charge is 0.480 e. The lowest BCUT2D eigenvalue weighted by Gasteiger charge is -2.14. The van der Waals surface area contributed by atoms with Gasteiger partial charge in [-0.3, -0.25) is 9.59 Å². The van der Waals surface area contributed by atoms with Gasteiger partial charge in [-0.2, -0.15) is 0 Å². The molecule has 0 heterocycles. The third-order valence-corrected chi connectivity index (χ3v) is 6.77. The van der Waals surface area contributed by atoms with E-state index in [1.807, 2.05) is 30.3 Å². The number of carbonyl (C=O) groups is 3. The fraction of sp³-hybridized carbons (Fsp3) is 0.0968. The van der Waals surface area contributed by atoms with Crippen LogP contribution >= 0.6 is 23.2 Å². The number of carbonyl (C=O) groups excluding carboxylic acids is 2. The van der Waals surface area contributed by atoms with Crippen LogP contribution < -0.4 is 21.7 Å². The summed E-state index contributed by atoms with van der Waals surface area (Å²) in [5, 5.41) is 18.7. The van der Waals surface area contributed by atoms with Crippen molar-refractivity contribution in [1.29, 1.82) is 0 Å². The Morgan fingerprint density at radius 2 is 1.40 bits per heavy atom. The van der Waals surface area contributed by atoms with E-state index in [9.17, 15) is 19.5 Å². The molecule has 0 radical (unpaired) electrons. The maximum Gasteiger partial charge on any atom is 0.328 e. The van der Waals surface area contributed by atoms with Crippen LogP contribution in [0.1, 0.15) is 31.8 Å². The van der Waals surface area contributed by atoms with E-state index in [1.165, 1.54) is 0 Å². The van der Waals surface area contributed by atoms with Crippen molar-refractivity contribution in [3.63, 3.8) is 0 Å². The molecule has 11 heteroatoms. The molecule has 214 valence electrons. The number of rotatable bonds is 10. The van der Waals surface area contributed by atoms with E-state index in [0.717, 1.165) is 5.56 Å². The number of aliphatic imine (C=N–C) groups is 1. The fourth-order valence-corrected chi connectivity index (χ4v) is 4.61. The van der Waals surface area contributed by atoms with Gasteiger partial charge < -0.3 is 26.8 Å². The SMILES string of the molecule is NC(=N[C@@H](Cc1ccc(NC(=O)c2c(Cl)cccc2Cl)cc1)C(=O)O)Nc1ccccc1C(=O)NCc1ccccc1. The number of benzene rings is 4. The Hall–Kier alpha value is -4.86. The molecule has 0 spiro atoms. The summed E-state index contributed by atoms with van der Waals surface area (Å²) in [4.78, 5) is 41.6. The highest BCUT2D eigenvalue weighted by Gasteiger charge is 2.19. The molecule has 0 aromatic heterocycles. The average molecular weight is 604 g/mol. The van der Waals surface area contributed by atoms with Gasteiger partial charge in [0.25, 0.3) is 11.8 Å². The Balaban J connectivity index is 1.40. The van der Waals surface area contributed by atoms with E-state index in [2.05, 4.69) is 20.9 Å². The van der Waals surface area contributed by atoms with Gasteiger partial charge in [0.1, 0.15) is 0 Å². The van der Waals surface area contributed by atoms with Gasteiger partial charge in [-0.1, -0.05) is 83.9 Å². The Morgan fingerprint density at radius 3 is 2.07 bits per heavy atom. The maximum absolute atomic E-state index is 12.8. The van der Waals surface area contributed by atoms with Crippen LogP contribution in [0.25, 0.3) is 0 Å². The van der Waals surface area contributed by atoms with E-state index in [-0.39, 0.29) is 33.9 Å². The minimum atomic E-state index is -1.21. The predicted octanol–water partition coefficient (Wildman–Crippen LogP) is 5.60. The summed E-state index contributed by atoms with van der Waals surface area (Å²) in [6.45, 7) is 0.342. The van der Waals surface area contributed by atoms with Crippen molar-refractivity contribution in [1.82, 2.24) is 5.32 Å². The van der Waals surface area contributed by atoms with Crippen molar-refractivity contribution in [2.24, 2.45) is 10.7 Å². The first kappa shape index (κ1) is 30.1. The molecule has 4 aromatic rings. The average Bonchev–Trinajstić information content (AvgIpc) is 2.97. The van der Waals surface area contributed by atoms with Gasteiger partial charge in [0.05, 0.1) is 26.9 Å². The van der Waals surface area contributed by atoms with E-state index in [1.54, 1.807) is 66.7 Å². The van der Waals surface area contributed by atoms with Crippen molar-refractivity contribution in [3.8, 4) is 0 Å². The molecule has 0 fully saturated rings. The number of anilines is 2. The van der Waals surface area contributed by atoms with E-state index >= 15 is 0 Å². The number of carboxylic acid groups (broad SMARTS) is 1. The van der Waals surface area contributed by atoms with Crippen molar-refractivity contribution in [2.45, 2.75) is 19.0 Å². The van der Waals surface area contributed by atoms with Gasteiger partial charge in [-0.05, 0) is 47.5 Å². The normalized spacial score (nSPS) is 11.8. The van der Waals surface area contributed by atoms with Gasteiger partial charge >= 0.3 is 5.97 Å². The molecule has 0 aliphatic heterocycles. The molecule has 0 saturated heterocycles. The van der Waals surface area contributed by atoms with Gasteiger partial charge in [-0.15, -0.1) is 0 Å².